The van der Waals surface area contributed by atoms with Crippen LogP contribution in [0.5, 0.6) is 0 Å². The molecule has 0 bridgehead atoms. The highest BCUT2D eigenvalue weighted by molar-refractivity contribution is 6.51. The summed E-state index contributed by atoms with van der Waals surface area (Å²) in [6.07, 6.45) is 1.23. The van der Waals surface area contributed by atoms with Gasteiger partial charge >= 0.3 is 7.12 Å². The summed E-state index contributed by atoms with van der Waals surface area (Å²) in [6, 6.07) is 0. The molecule has 80 valence electrons. The molecule has 2 fully saturated rings. The first-order valence-electron chi connectivity index (χ1n) is 5.55. The lowest BCUT2D eigenvalue weighted by Crippen LogP contribution is -2.41. The molecule has 0 aromatic heterocycles. The van der Waals surface area contributed by atoms with Gasteiger partial charge in [-0.15, -0.1) is 0 Å². The Morgan fingerprint density at radius 3 is 1.64 bits per heavy atom. The summed E-state index contributed by atoms with van der Waals surface area (Å²) >= 11 is 0. The van der Waals surface area contributed by atoms with Crippen molar-refractivity contribution in [2.24, 2.45) is 5.92 Å². The highest BCUT2D eigenvalue weighted by Crippen LogP contribution is 2.64. The van der Waals surface area contributed by atoms with Crippen molar-refractivity contribution in [2.75, 3.05) is 0 Å². The van der Waals surface area contributed by atoms with Gasteiger partial charge in [0, 0.05) is 5.31 Å². The zero-order valence-corrected chi connectivity index (χ0v) is 10.2. The van der Waals surface area contributed by atoms with Crippen LogP contribution in [-0.2, 0) is 9.31 Å². The molecule has 0 aromatic carbocycles. The summed E-state index contributed by atoms with van der Waals surface area (Å²) < 4.78 is 12.1. The molecule has 0 radical (unpaired) electrons. The third kappa shape index (κ3) is 1.25. The van der Waals surface area contributed by atoms with Crippen LogP contribution in [0.2, 0.25) is 5.31 Å². The van der Waals surface area contributed by atoms with Crippen LogP contribution in [0.15, 0.2) is 0 Å². The highest BCUT2D eigenvalue weighted by Gasteiger charge is 2.65. The van der Waals surface area contributed by atoms with Gasteiger partial charge in [0.25, 0.3) is 0 Å². The van der Waals surface area contributed by atoms with Crippen LogP contribution >= 0.6 is 0 Å². The van der Waals surface area contributed by atoms with E-state index in [1.165, 1.54) is 6.42 Å². The van der Waals surface area contributed by atoms with Crippen LogP contribution in [0.25, 0.3) is 0 Å². The second-order valence-corrected chi connectivity index (χ2v) is 6.20. The summed E-state index contributed by atoms with van der Waals surface area (Å²) in [5.41, 5.74) is -0.355. The molecule has 2 nitrogen and oxygen atoms in total. The largest absolute Gasteiger partial charge is 0.464 e. The van der Waals surface area contributed by atoms with E-state index in [2.05, 4.69) is 41.5 Å². The second-order valence-electron chi connectivity index (χ2n) is 6.20. The van der Waals surface area contributed by atoms with Crippen molar-refractivity contribution in [3.05, 3.63) is 0 Å². The number of hydrogen-bond donors (Lipinski definition) is 0. The van der Waals surface area contributed by atoms with Crippen LogP contribution in [0, 0.1) is 5.92 Å². The highest BCUT2D eigenvalue weighted by atomic mass is 16.7. The van der Waals surface area contributed by atoms with E-state index in [0.717, 1.165) is 5.92 Å². The Morgan fingerprint density at radius 2 is 1.36 bits per heavy atom. The van der Waals surface area contributed by atoms with Gasteiger partial charge in [0.05, 0.1) is 11.2 Å². The van der Waals surface area contributed by atoms with E-state index in [1.807, 2.05) is 0 Å². The topological polar surface area (TPSA) is 18.5 Å². The van der Waals surface area contributed by atoms with E-state index >= 15 is 0 Å². The fourth-order valence-corrected chi connectivity index (χ4v) is 2.04. The van der Waals surface area contributed by atoms with E-state index in [9.17, 15) is 0 Å². The van der Waals surface area contributed by atoms with Crippen molar-refractivity contribution in [3.63, 3.8) is 0 Å². The van der Waals surface area contributed by atoms with Crippen molar-refractivity contribution < 1.29 is 9.31 Å². The lowest BCUT2D eigenvalue weighted by molar-refractivity contribution is 0.00578. The predicted molar refractivity (Wildman–Crippen MR) is 58.2 cm³/mol. The Morgan fingerprint density at radius 1 is 1.00 bits per heavy atom. The summed E-state index contributed by atoms with van der Waals surface area (Å²) in [7, 11) is -0.0116. The molecule has 2 aliphatic rings. The molecule has 1 aliphatic carbocycles. The quantitative estimate of drug-likeness (QED) is 0.600. The summed E-state index contributed by atoms with van der Waals surface area (Å²) in [5.74, 6) is 0.734. The molecule has 1 heterocycles. The fraction of sp³-hybridized carbons (Fsp3) is 1.00. The maximum atomic E-state index is 6.04. The van der Waals surface area contributed by atoms with Gasteiger partial charge in [-0.3, -0.25) is 0 Å². The Hall–Kier alpha value is -0.0151. The maximum absolute atomic E-state index is 6.04. The van der Waals surface area contributed by atoms with Crippen LogP contribution in [0.1, 0.15) is 48.0 Å². The summed E-state index contributed by atoms with van der Waals surface area (Å²) in [6.45, 7) is 13.0. The van der Waals surface area contributed by atoms with Crippen molar-refractivity contribution in [1.29, 1.82) is 0 Å². The van der Waals surface area contributed by atoms with E-state index in [4.69, 9.17) is 9.31 Å². The predicted octanol–water partition coefficient (Wildman–Crippen LogP) is 2.88. The lowest BCUT2D eigenvalue weighted by atomic mass is 9.68. The van der Waals surface area contributed by atoms with E-state index in [0.29, 0.717) is 0 Å². The fourth-order valence-electron chi connectivity index (χ4n) is 2.04. The maximum Gasteiger partial charge on any atom is 0.464 e. The minimum Gasteiger partial charge on any atom is -0.403 e. The smallest absolute Gasteiger partial charge is 0.403 e. The van der Waals surface area contributed by atoms with Crippen LogP contribution < -0.4 is 0 Å². The second kappa shape index (κ2) is 2.56. The van der Waals surface area contributed by atoms with Gasteiger partial charge in [-0.2, -0.15) is 0 Å². The summed E-state index contributed by atoms with van der Waals surface area (Å²) in [4.78, 5) is 0. The van der Waals surface area contributed by atoms with Crippen molar-refractivity contribution in [2.45, 2.75) is 64.5 Å². The molecule has 3 heteroatoms. The first-order chi connectivity index (χ1) is 6.19. The van der Waals surface area contributed by atoms with Gasteiger partial charge < -0.3 is 9.31 Å². The molecule has 1 aliphatic heterocycles. The van der Waals surface area contributed by atoms with E-state index < -0.39 is 0 Å². The van der Waals surface area contributed by atoms with Crippen LogP contribution in [0.3, 0.4) is 0 Å². The first kappa shape index (κ1) is 10.5. The molecule has 0 spiro atoms. The molecule has 2 atom stereocenters. The molecule has 1 saturated heterocycles. The molecular formula is C11H21BO2. The van der Waals surface area contributed by atoms with Crippen LogP contribution in [-0.4, -0.2) is 18.3 Å². The first-order valence-corrected chi connectivity index (χ1v) is 5.55. The standard InChI is InChI=1S/C11H21BO2/c1-8-7-11(8,6)12-13-9(2,3)10(4,5)14-12/h8H,7H2,1-6H3/t8-,11-/m0/s1. The summed E-state index contributed by atoms with van der Waals surface area (Å²) in [5, 5.41) is 0.255. The van der Waals surface area contributed by atoms with E-state index in [-0.39, 0.29) is 23.6 Å². The Bertz CT molecular complexity index is 246. The minimum absolute atomic E-state index is 0.0116. The Labute approximate surface area is 87.5 Å². The van der Waals surface area contributed by atoms with Gasteiger partial charge in [0.1, 0.15) is 0 Å². The van der Waals surface area contributed by atoms with Crippen molar-refractivity contribution in [3.8, 4) is 0 Å². The zero-order valence-electron chi connectivity index (χ0n) is 10.2. The Kier molecular flexibility index (Phi) is 1.92. The number of hydrogen-bond acceptors (Lipinski definition) is 2. The molecular weight excluding hydrogens is 175 g/mol. The van der Waals surface area contributed by atoms with Gasteiger partial charge in [0.2, 0.25) is 0 Å². The van der Waals surface area contributed by atoms with Crippen LogP contribution in [0.4, 0.5) is 0 Å². The molecule has 2 rings (SSSR count). The SMILES string of the molecule is C[C@H]1C[C@]1(C)B1OC(C)(C)C(C)(C)O1. The minimum atomic E-state index is -0.178. The third-order valence-electron chi connectivity index (χ3n) is 4.50. The molecule has 14 heavy (non-hydrogen) atoms. The molecule has 0 N–H and O–H groups in total. The molecule has 1 saturated carbocycles. The number of rotatable bonds is 1. The molecule has 0 unspecified atom stereocenters. The van der Waals surface area contributed by atoms with Gasteiger partial charge in [0.15, 0.2) is 0 Å². The van der Waals surface area contributed by atoms with E-state index in [1.54, 1.807) is 0 Å². The van der Waals surface area contributed by atoms with Gasteiger partial charge in [-0.25, -0.2) is 0 Å². The van der Waals surface area contributed by atoms with Gasteiger partial charge in [-0.1, -0.05) is 13.8 Å². The van der Waals surface area contributed by atoms with Crippen molar-refractivity contribution >= 4 is 7.12 Å². The zero-order chi connectivity index (χ0) is 10.8. The Balaban J connectivity index is 2.15. The lowest BCUT2D eigenvalue weighted by Gasteiger charge is -2.32. The van der Waals surface area contributed by atoms with Crippen molar-refractivity contribution in [1.82, 2.24) is 0 Å². The third-order valence-corrected chi connectivity index (χ3v) is 4.50. The average molecular weight is 196 g/mol. The van der Waals surface area contributed by atoms with Gasteiger partial charge in [-0.05, 0) is 40.0 Å². The molecule has 0 aromatic rings. The average Bonchev–Trinajstić information content (AvgIpc) is 2.50. The normalized spacial score (nSPS) is 44.1. The molecule has 0 amide bonds. The monoisotopic (exact) mass is 196 g/mol.